The van der Waals surface area contributed by atoms with Gasteiger partial charge in [0.1, 0.15) is 0 Å². The molecule has 0 heteroatoms. The molecule has 1 saturated carbocycles. The van der Waals surface area contributed by atoms with Gasteiger partial charge in [0.15, 0.2) is 0 Å². The van der Waals surface area contributed by atoms with Crippen LogP contribution in [0, 0.1) is 10.8 Å². The van der Waals surface area contributed by atoms with E-state index < -0.39 is 0 Å². The van der Waals surface area contributed by atoms with Gasteiger partial charge in [-0.25, -0.2) is 0 Å². The fraction of sp³-hybridized carbons (Fsp3) is 1.00. The molecule has 114 valence electrons. The summed E-state index contributed by atoms with van der Waals surface area (Å²) in [5.41, 5.74) is 1.32. The first-order valence-corrected chi connectivity index (χ1v) is 8.47. The molecular formula is C18H42. The van der Waals surface area contributed by atoms with Crippen molar-refractivity contribution in [1.82, 2.24) is 0 Å². The summed E-state index contributed by atoms with van der Waals surface area (Å²) in [5.74, 6) is 0. The lowest BCUT2D eigenvalue weighted by Crippen LogP contribution is -2.28. The van der Waals surface area contributed by atoms with Crippen LogP contribution < -0.4 is 0 Å². The summed E-state index contributed by atoms with van der Waals surface area (Å²) in [4.78, 5) is 0. The highest BCUT2D eigenvalue weighted by Gasteiger charge is 2.33. The second-order valence-electron chi connectivity index (χ2n) is 5.72. The van der Waals surface area contributed by atoms with Crippen molar-refractivity contribution in [3.63, 3.8) is 0 Å². The zero-order chi connectivity index (χ0) is 15.2. The zero-order valence-electron chi connectivity index (χ0n) is 15.2. The van der Waals surface area contributed by atoms with Crippen LogP contribution in [0.5, 0.6) is 0 Å². The van der Waals surface area contributed by atoms with E-state index in [9.17, 15) is 0 Å². The Morgan fingerprint density at radius 2 is 1.00 bits per heavy atom. The molecule has 0 heterocycles. The molecule has 18 heavy (non-hydrogen) atoms. The Labute approximate surface area is 119 Å². The lowest BCUT2D eigenvalue weighted by Gasteiger charge is -2.41. The lowest BCUT2D eigenvalue weighted by atomic mass is 9.64. The Balaban J connectivity index is -0.000000328. The van der Waals surface area contributed by atoms with E-state index in [-0.39, 0.29) is 0 Å². The molecule has 1 fully saturated rings. The van der Waals surface area contributed by atoms with Gasteiger partial charge < -0.3 is 0 Å². The predicted molar refractivity (Wildman–Crippen MR) is 89.3 cm³/mol. The SMILES string of the molecule is CC.CC.CC.CCCC1(C)CCC(C)(C)CC1. The molecule has 0 saturated heterocycles. The maximum atomic E-state index is 2.48. The highest BCUT2D eigenvalue weighted by molar-refractivity contribution is 4.85. The topological polar surface area (TPSA) is 0 Å². The van der Waals surface area contributed by atoms with Crippen molar-refractivity contribution in [3.8, 4) is 0 Å². The highest BCUT2D eigenvalue weighted by Crippen LogP contribution is 2.46. The first kappa shape index (κ1) is 23.1. The van der Waals surface area contributed by atoms with Crippen LogP contribution in [0.25, 0.3) is 0 Å². The molecule has 1 rings (SSSR count). The van der Waals surface area contributed by atoms with Crippen molar-refractivity contribution in [1.29, 1.82) is 0 Å². The van der Waals surface area contributed by atoms with E-state index in [0.29, 0.717) is 10.8 Å². The molecule has 0 aromatic carbocycles. The third kappa shape index (κ3) is 11.1. The molecule has 1 aliphatic carbocycles. The van der Waals surface area contributed by atoms with E-state index in [4.69, 9.17) is 0 Å². The average molecular weight is 259 g/mol. The summed E-state index contributed by atoms with van der Waals surface area (Å²) in [6, 6.07) is 0. The minimum atomic E-state index is 0.632. The van der Waals surface area contributed by atoms with Crippen molar-refractivity contribution in [2.75, 3.05) is 0 Å². The van der Waals surface area contributed by atoms with Gasteiger partial charge in [0.05, 0.1) is 0 Å². The van der Waals surface area contributed by atoms with Gasteiger partial charge in [-0.05, 0) is 42.9 Å². The van der Waals surface area contributed by atoms with Gasteiger partial charge in [0.2, 0.25) is 0 Å². The molecule has 0 bridgehead atoms. The highest BCUT2D eigenvalue weighted by atomic mass is 14.4. The van der Waals surface area contributed by atoms with Crippen LogP contribution in [0.15, 0.2) is 0 Å². The Bertz CT molecular complexity index is 134. The van der Waals surface area contributed by atoms with Gasteiger partial charge in [-0.3, -0.25) is 0 Å². The van der Waals surface area contributed by atoms with E-state index >= 15 is 0 Å². The first-order chi connectivity index (χ1) is 8.47. The van der Waals surface area contributed by atoms with Gasteiger partial charge in [0, 0.05) is 0 Å². The molecular weight excluding hydrogens is 216 g/mol. The minimum Gasteiger partial charge on any atom is -0.0683 e. The minimum absolute atomic E-state index is 0.632. The smallest absolute Gasteiger partial charge is 0.0326 e. The average Bonchev–Trinajstić information content (AvgIpc) is 2.41. The molecule has 1 aliphatic rings. The summed E-state index contributed by atoms with van der Waals surface area (Å²) in [6.07, 6.45) is 8.56. The molecule has 0 aromatic rings. The third-order valence-electron chi connectivity index (χ3n) is 3.66. The molecule has 0 aromatic heterocycles. The predicted octanol–water partition coefficient (Wildman–Crippen LogP) is 7.47. The van der Waals surface area contributed by atoms with Crippen LogP contribution in [0.2, 0.25) is 0 Å². The fourth-order valence-electron chi connectivity index (χ4n) is 2.38. The quantitative estimate of drug-likeness (QED) is 0.482. The second kappa shape index (κ2) is 13.4. The fourth-order valence-corrected chi connectivity index (χ4v) is 2.38. The molecule has 0 spiro atoms. The van der Waals surface area contributed by atoms with Crippen molar-refractivity contribution in [2.45, 2.75) is 108 Å². The van der Waals surface area contributed by atoms with Crippen LogP contribution in [-0.2, 0) is 0 Å². The van der Waals surface area contributed by atoms with Crippen molar-refractivity contribution < 1.29 is 0 Å². The Kier molecular flexibility index (Phi) is 17.3. The molecule has 0 radical (unpaired) electrons. The maximum Gasteiger partial charge on any atom is -0.0326 e. The Morgan fingerprint density at radius 3 is 1.28 bits per heavy atom. The van der Waals surface area contributed by atoms with E-state index in [1.54, 1.807) is 0 Å². The van der Waals surface area contributed by atoms with Crippen molar-refractivity contribution in [3.05, 3.63) is 0 Å². The maximum absolute atomic E-state index is 2.48. The molecule has 0 aliphatic heterocycles. The second-order valence-corrected chi connectivity index (χ2v) is 5.72. The number of hydrogen-bond donors (Lipinski definition) is 0. The van der Waals surface area contributed by atoms with E-state index in [1.165, 1.54) is 38.5 Å². The monoisotopic (exact) mass is 258 g/mol. The number of rotatable bonds is 2. The zero-order valence-corrected chi connectivity index (χ0v) is 15.2. The van der Waals surface area contributed by atoms with Crippen LogP contribution in [0.1, 0.15) is 108 Å². The molecule has 0 N–H and O–H groups in total. The Hall–Kier alpha value is 0. The Morgan fingerprint density at radius 1 is 0.667 bits per heavy atom. The summed E-state index contributed by atoms with van der Waals surface area (Å²) in [5, 5.41) is 0. The van der Waals surface area contributed by atoms with Gasteiger partial charge >= 0.3 is 0 Å². The van der Waals surface area contributed by atoms with Crippen LogP contribution in [-0.4, -0.2) is 0 Å². The molecule has 0 amide bonds. The largest absolute Gasteiger partial charge is 0.0683 e. The standard InChI is InChI=1S/C12H24.3C2H6/c1-5-6-12(4)9-7-11(2,3)8-10-12;3*1-2/h5-10H2,1-4H3;3*1-2H3. The van der Waals surface area contributed by atoms with Crippen LogP contribution in [0.3, 0.4) is 0 Å². The van der Waals surface area contributed by atoms with E-state index in [0.717, 1.165) is 0 Å². The first-order valence-electron chi connectivity index (χ1n) is 8.47. The van der Waals surface area contributed by atoms with Crippen molar-refractivity contribution in [2.24, 2.45) is 10.8 Å². The summed E-state index contributed by atoms with van der Waals surface area (Å²) in [6.45, 7) is 21.6. The lowest BCUT2D eigenvalue weighted by molar-refractivity contribution is 0.108. The van der Waals surface area contributed by atoms with Crippen LogP contribution >= 0.6 is 0 Å². The molecule has 0 nitrogen and oxygen atoms in total. The number of hydrogen-bond acceptors (Lipinski definition) is 0. The van der Waals surface area contributed by atoms with Gasteiger partial charge in [-0.15, -0.1) is 0 Å². The van der Waals surface area contributed by atoms with E-state index in [2.05, 4.69) is 27.7 Å². The summed E-state index contributed by atoms with van der Waals surface area (Å²) in [7, 11) is 0. The summed E-state index contributed by atoms with van der Waals surface area (Å²) < 4.78 is 0. The summed E-state index contributed by atoms with van der Waals surface area (Å²) >= 11 is 0. The molecule has 0 unspecified atom stereocenters. The van der Waals surface area contributed by atoms with Gasteiger partial charge in [-0.1, -0.05) is 75.7 Å². The molecule has 0 atom stereocenters. The van der Waals surface area contributed by atoms with Gasteiger partial charge in [-0.2, -0.15) is 0 Å². The van der Waals surface area contributed by atoms with Gasteiger partial charge in [0.25, 0.3) is 0 Å². The third-order valence-corrected chi connectivity index (χ3v) is 3.66. The normalized spacial score (nSPS) is 19.0. The van der Waals surface area contributed by atoms with Crippen molar-refractivity contribution >= 4 is 0 Å². The van der Waals surface area contributed by atoms with E-state index in [1.807, 2.05) is 41.5 Å². The van der Waals surface area contributed by atoms with Crippen LogP contribution in [0.4, 0.5) is 0 Å².